The summed E-state index contributed by atoms with van der Waals surface area (Å²) in [5.74, 6) is 0.402. The van der Waals surface area contributed by atoms with Gasteiger partial charge in [0.1, 0.15) is 5.75 Å². The molecule has 0 saturated heterocycles. The number of nitrogens with zero attached hydrogens (tertiary/aromatic N) is 1. The molecule has 0 spiro atoms. The first-order valence-corrected chi connectivity index (χ1v) is 10.5. The van der Waals surface area contributed by atoms with Crippen molar-refractivity contribution in [3.63, 3.8) is 0 Å². The second-order valence-corrected chi connectivity index (χ2v) is 8.56. The maximum Gasteiger partial charge on any atom is 0.237 e. The van der Waals surface area contributed by atoms with E-state index in [9.17, 15) is 4.79 Å². The monoisotopic (exact) mass is 429 g/mol. The third-order valence-corrected chi connectivity index (χ3v) is 5.97. The van der Waals surface area contributed by atoms with Gasteiger partial charge in [0.2, 0.25) is 5.91 Å². The molecule has 29 heavy (non-hydrogen) atoms. The third-order valence-electron chi connectivity index (χ3n) is 4.57. The molecule has 1 amide bonds. The van der Waals surface area contributed by atoms with Crippen LogP contribution in [0.4, 0.5) is 5.69 Å². The number of benzene rings is 2. The number of carbonyl (C=O) groups is 1. The molecule has 7 heteroatoms. The molecule has 0 radical (unpaired) electrons. The van der Waals surface area contributed by atoms with E-state index in [-0.39, 0.29) is 11.2 Å². The van der Waals surface area contributed by atoms with Crippen LogP contribution in [0.2, 0.25) is 5.02 Å². The quantitative estimate of drug-likeness (QED) is 0.493. The molecule has 2 N–H and O–H groups in total. The molecule has 3 rings (SSSR count). The largest absolute Gasteiger partial charge is 0.495 e. The SMILES string of the molecule is COc1cc(Cl)c(C)cc1NC(=O)C(C)Sc1nc(Cc2ccccc2)c(C)[nH]1. The lowest BCUT2D eigenvalue weighted by atomic mass is 10.1. The van der Waals surface area contributed by atoms with Crippen molar-refractivity contribution < 1.29 is 9.53 Å². The summed E-state index contributed by atoms with van der Waals surface area (Å²) in [5.41, 5.74) is 4.68. The molecular weight excluding hydrogens is 406 g/mol. The van der Waals surface area contributed by atoms with E-state index in [1.807, 2.05) is 45.0 Å². The van der Waals surface area contributed by atoms with Crippen LogP contribution in [0.25, 0.3) is 0 Å². The summed E-state index contributed by atoms with van der Waals surface area (Å²) in [6.07, 6.45) is 0.756. The zero-order valence-electron chi connectivity index (χ0n) is 16.9. The lowest BCUT2D eigenvalue weighted by Gasteiger charge is -2.14. The number of rotatable bonds is 7. The fraction of sp³-hybridized carbons (Fsp3) is 0.273. The van der Waals surface area contributed by atoms with Crippen LogP contribution in [-0.4, -0.2) is 28.2 Å². The first-order valence-electron chi connectivity index (χ1n) is 9.28. The summed E-state index contributed by atoms with van der Waals surface area (Å²) < 4.78 is 5.33. The van der Waals surface area contributed by atoms with Gasteiger partial charge in [0, 0.05) is 23.2 Å². The van der Waals surface area contributed by atoms with Gasteiger partial charge in [0.25, 0.3) is 0 Å². The Balaban J connectivity index is 1.67. The Morgan fingerprint density at radius 2 is 2.00 bits per heavy atom. The van der Waals surface area contributed by atoms with Crippen LogP contribution in [-0.2, 0) is 11.2 Å². The summed E-state index contributed by atoms with van der Waals surface area (Å²) in [6.45, 7) is 5.74. The van der Waals surface area contributed by atoms with Crippen LogP contribution >= 0.6 is 23.4 Å². The fourth-order valence-electron chi connectivity index (χ4n) is 2.87. The van der Waals surface area contributed by atoms with Gasteiger partial charge in [0.05, 0.1) is 23.7 Å². The Kier molecular flexibility index (Phi) is 6.87. The van der Waals surface area contributed by atoms with Crippen molar-refractivity contribution >= 4 is 35.0 Å². The van der Waals surface area contributed by atoms with E-state index in [1.165, 1.54) is 17.3 Å². The highest BCUT2D eigenvalue weighted by atomic mass is 35.5. The summed E-state index contributed by atoms with van der Waals surface area (Å²) in [4.78, 5) is 20.7. The number of imidazole rings is 1. The van der Waals surface area contributed by atoms with Gasteiger partial charge in [-0.2, -0.15) is 0 Å². The zero-order chi connectivity index (χ0) is 21.0. The van der Waals surface area contributed by atoms with Crippen LogP contribution in [0.3, 0.4) is 0 Å². The molecule has 0 bridgehead atoms. The maximum atomic E-state index is 12.7. The highest BCUT2D eigenvalue weighted by Gasteiger charge is 2.19. The number of aromatic nitrogens is 2. The number of H-pyrrole nitrogens is 1. The van der Waals surface area contributed by atoms with Crippen LogP contribution in [0.1, 0.15) is 29.4 Å². The Hall–Kier alpha value is -2.44. The van der Waals surface area contributed by atoms with Crippen molar-refractivity contribution in [2.24, 2.45) is 0 Å². The van der Waals surface area contributed by atoms with Gasteiger partial charge in [-0.1, -0.05) is 53.7 Å². The van der Waals surface area contributed by atoms with Crippen molar-refractivity contribution in [3.05, 3.63) is 70.0 Å². The molecule has 1 atom stereocenters. The average molecular weight is 430 g/mol. The number of methoxy groups -OCH3 is 1. The van der Waals surface area contributed by atoms with E-state index in [2.05, 4.69) is 27.4 Å². The number of hydrogen-bond acceptors (Lipinski definition) is 4. The molecular formula is C22H24ClN3O2S. The number of anilines is 1. The third kappa shape index (κ3) is 5.34. The van der Waals surface area contributed by atoms with Gasteiger partial charge in [-0.05, 0) is 38.0 Å². The number of amides is 1. The smallest absolute Gasteiger partial charge is 0.237 e. The Labute approximate surface area is 180 Å². The number of hydrogen-bond donors (Lipinski definition) is 2. The summed E-state index contributed by atoms with van der Waals surface area (Å²) >= 11 is 7.53. The minimum absolute atomic E-state index is 0.131. The van der Waals surface area contributed by atoms with E-state index < -0.39 is 0 Å². The standard InChI is InChI=1S/C22H24ClN3O2S/c1-13-10-19(20(28-4)12-17(13)23)25-21(27)15(3)29-22-24-14(2)18(26-22)11-16-8-6-5-7-9-16/h5-10,12,15H,11H2,1-4H3,(H,24,26)(H,25,27). The highest BCUT2D eigenvalue weighted by molar-refractivity contribution is 8.00. The number of aryl methyl sites for hydroxylation is 2. The minimum atomic E-state index is -0.342. The van der Waals surface area contributed by atoms with Crippen LogP contribution < -0.4 is 10.1 Å². The van der Waals surface area contributed by atoms with Gasteiger partial charge < -0.3 is 15.0 Å². The lowest BCUT2D eigenvalue weighted by Crippen LogP contribution is -2.23. The second kappa shape index (κ2) is 9.37. The van der Waals surface area contributed by atoms with Crippen molar-refractivity contribution in [2.45, 2.75) is 37.6 Å². The van der Waals surface area contributed by atoms with Gasteiger partial charge in [-0.3, -0.25) is 4.79 Å². The van der Waals surface area contributed by atoms with E-state index in [0.29, 0.717) is 16.5 Å². The van der Waals surface area contributed by atoms with Crippen molar-refractivity contribution in [3.8, 4) is 5.75 Å². The first kappa shape index (κ1) is 21.3. The van der Waals surface area contributed by atoms with Gasteiger partial charge >= 0.3 is 0 Å². The van der Waals surface area contributed by atoms with Crippen LogP contribution in [0.5, 0.6) is 5.75 Å². The summed E-state index contributed by atoms with van der Waals surface area (Å²) in [7, 11) is 1.55. The molecule has 152 valence electrons. The first-order chi connectivity index (χ1) is 13.9. The highest BCUT2D eigenvalue weighted by Crippen LogP contribution is 2.32. The Morgan fingerprint density at radius 1 is 1.28 bits per heavy atom. The maximum absolute atomic E-state index is 12.7. The van der Waals surface area contributed by atoms with Crippen molar-refractivity contribution in [2.75, 3.05) is 12.4 Å². The molecule has 1 heterocycles. The summed E-state index contributed by atoms with van der Waals surface area (Å²) in [5, 5.41) is 3.91. The molecule has 1 aromatic heterocycles. The molecule has 0 fully saturated rings. The van der Waals surface area contributed by atoms with E-state index in [1.54, 1.807) is 13.2 Å². The zero-order valence-corrected chi connectivity index (χ0v) is 18.4. The molecule has 0 saturated carbocycles. The Bertz CT molecular complexity index is 1000. The predicted molar refractivity (Wildman–Crippen MR) is 119 cm³/mol. The number of halogens is 1. The van der Waals surface area contributed by atoms with E-state index in [0.717, 1.165) is 28.5 Å². The van der Waals surface area contributed by atoms with Gasteiger partial charge in [0.15, 0.2) is 5.16 Å². The van der Waals surface area contributed by atoms with Crippen molar-refractivity contribution in [1.82, 2.24) is 9.97 Å². The number of carbonyl (C=O) groups excluding carboxylic acids is 1. The molecule has 2 aromatic carbocycles. The molecule has 3 aromatic rings. The predicted octanol–water partition coefficient (Wildman–Crippen LogP) is 5.40. The number of ether oxygens (including phenoxy) is 1. The van der Waals surface area contributed by atoms with Gasteiger partial charge in [-0.25, -0.2) is 4.98 Å². The van der Waals surface area contributed by atoms with Crippen molar-refractivity contribution in [1.29, 1.82) is 0 Å². The fourth-order valence-corrected chi connectivity index (χ4v) is 3.90. The molecule has 0 aliphatic carbocycles. The Morgan fingerprint density at radius 3 is 2.69 bits per heavy atom. The molecule has 1 unspecified atom stereocenters. The van der Waals surface area contributed by atoms with E-state index in [4.69, 9.17) is 16.3 Å². The van der Waals surface area contributed by atoms with Crippen LogP contribution in [0, 0.1) is 13.8 Å². The summed E-state index contributed by atoms with van der Waals surface area (Å²) in [6, 6.07) is 13.7. The molecule has 0 aliphatic rings. The number of nitrogens with one attached hydrogen (secondary N) is 2. The van der Waals surface area contributed by atoms with Crippen LogP contribution in [0.15, 0.2) is 47.6 Å². The number of thioether (sulfide) groups is 1. The topological polar surface area (TPSA) is 67.0 Å². The normalized spacial score (nSPS) is 11.9. The lowest BCUT2D eigenvalue weighted by molar-refractivity contribution is -0.115. The second-order valence-electron chi connectivity index (χ2n) is 6.83. The minimum Gasteiger partial charge on any atom is -0.495 e. The molecule has 0 aliphatic heterocycles. The molecule has 5 nitrogen and oxygen atoms in total. The average Bonchev–Trinajstić information content (AvgIpc) is 3.03. The van der Waals surface area contributed by atoms with E-state index >= 15 is 0 Å². The van der Waals surface area contributed by atoms with Gasteiger partial charge in [-0.15, -0.1) is 0 Å². The number of aromatic amines is 1.